The van der Waals surface area contributed by atoms with Gasteiger partial charge in [-0.15, -0.1) is 0 Å². The monoisotopic (exact) mass is 207 g/mol. The number of unbranched alkanes of at least 4 members (excludes halogenated alkanes) is 2. The van der Waals surface area contributed by atoms with Crippen molar-refractivity contribution in [1.82, 2.24) is 5.32 Å². The summed E-state index contributed by atoms with van der Waals surface area (Å²) in [6.45, 7) is 5.09. The third-order valence-electron chi connectivity index (χ3n) is 2.70. The number of rotatable bonds is 6. The van der Waals surface area contributed by atoms with Gasteiger partial charge < -0.3 is 5.32 Å². The fourth-order valence-corrected chi connectivity index (χ4v) is 1.67. The van der Waals surface area contributed by atoms with Gasteiger partial charge in [-0.25, -0.2) is 0 Å². The van der Waals surface area contributed by atoms with Gasteiger partial charge in [0.05, 0.1) is 5.92 Å². The first-order valence-electron chi connectivity index (χ1n) is 5.94. The maximum Gasteiger partial charge on any atom is 0.230 e. The summed E-state index contributed by atoms with van der Waals surface area (Å²) < 4.78 is 0. The van der Waals surface area contributed by atoms with Crippen LogP contribution in [0.15, 0.2) is 23.8 Å². The second-order valence-electron chi connectivity index (χ2n) is 3.98. The lowest BCUT2D eigenvalue weighted by atomic mass is 10.1. The highest BCUT2D eigenvalue weighted by molar-refractivity contribution is 5.83. The van der Waals surface area contributed by atoms with E-state index < -0.39 is 0 Å². The van der Waals surface area contributed by atoms with Gasteiger partial charge in [0.15, 0.2) is 0 Å². The minimum absolute atomic E-state index is 0.0263. The van der Waals surface area contributed by atoms with Crippen molar-refractivity contribution in [3.63, 3.8) is 0 Å². The zero-order valence-corrected chi connectivity index (χ0v) is 9.75. The van der Waals surface area contributed by atoms with Crippen molar-refractivity contribution in [2.75, 3.05) is 6.54 Å². The molecule has 0 fully saturated rings. The van der Waals surface area contributed by atoms with E-state index in [0.717, 1.165) is 19.4 Å². The summed E-state index contributed by atoms with van der Waals surface area (Å²) in [6, 6.07) is 0. The fourth-order valence-electron chi connectivity index (χ4n) is 1.67. The van der Waals surface area contributed by atoms with Gasteiger partial charge >= 0.3 is 0 Å². The summed E-state index contributed by atoms with van der Waals surface area (Å²) in [5, 5.41) is 2.97. The largest absolute Gasteiger partial charge is 0.355 e. The number of carbonyl (C=O) groups excluding carboxylic acids is 1. The first-order valence-corrected chi connectivity index (χ1v) is 5.94. The molecule has 0 bridgehead atoms. The van der Waals surface area contributed by atoms with Crippen LogP contribution < -0.4 is 5.32 Å². The SMILES string of the molecule is CCCCCNC(=O)C1C=CC(CC)=C1. The van der Waals surface area contributed by atoms with Gasteiger partial charge in [0.1, 0.15) is 0 Å². The van der Waals surface area contributed by atoms with Crippen molar-refractivity contribution < 1.29 is 4.79 Å². The zero-order valence-electron chi connectivity index (χ0n) is 9.75. The molecular formula is C13H21NO. The van der Waals surface area contributed by atoms with E-state index in [2.05, 4.69) is 31.3 Å². The fraction of sp³-hybridized carbons (Fsp3) is 0.615. The molecule has 1 amide bonds. The molecule has 2 heteroatoms. The lowest BCUT2D eigenvalue weighted by Gasteiger charge is -2.07. The minimum Gasteiger partial charge on any atom is -0.355 e. The molecule has 1 aliphatic carbocycles. The highest BCUT2D eigenvalue weighted by Gasteiger charge is 2.15. The van der Waals surface area contributed by atoms with Crippen LogP contribution in [0.1, 0.15) is 39.5 Å². The predicted molar refractivity (Wildman–Crippen MR) is 63.5 cm³/mol. The highest BCUT2D eigenvalue weighted by Crippen LogP contribution is 2.18. The van der Waals surface area contributed by atoms with E-state index >= 15 is 0 Å². The average Bonchev–Trinajstić information content (AvgIpc) is 2.72. The Bertz CT molecular complexity index is 266. The molecule has 2 nitrogen and oxygen atoms in total. The Morgan fingerprint density at radius 2 is 2.20 bits per heavy atom. The van der Waals surface area contributed by atoms with E-state index in [1.54, 1.807) is 0 Å². The van der Waals surface area contributed by atoms with Gasteiger partial charge in [-0.1, -0.05) is 50.5 Å². The van der Waals surface area contributed by atoms with Crippen molar-refractivity contribution in [3.05, 3.63) is 23.8 Å². The molecule has 0 aliphatic heterocycles. The summed E-state index contributed by atoms with van der Waals surface area (Å²) in [6.07, 6.45) is 10.6. The zero-order chi connectivity index (χ0) is 11.1. The van der Waals surface area contributed by atoms with E-state index in [1.165, 1.54) is 18.4 Å². The Morgan fingerprint density at radius 1 is 1.40 bits per heavy atom. The third-order valence-corrected chi connectivity index (χ3v) is 2.70. The molecule has 15 heavy (non-hydrogen) atoms. The normalized spacial score (nSPS) is 19.1. The Labute approximate surface area is 92.4 Å². The Balaban J connectivity index is 2.24. The van der Waals surface area contributed by atoms with Crippen LogP contribution in [0, 0.1) is 5.92 Å². The molecule has 0 aromatic rings. The van der Waals surface area contributed by atoms with E-state index in [0.29, 0.717) is 0 Å². The lowest BCUT2D eigenvalue weighted by molar-refractivity contribution is -0.122. The molecule has 0 saturated heterocycles. The Kier molecular flexibility index (Phi) is 5.16. The highest BCUT2D eigenvalue weighted by atomic mass is 16.1. The number of hydrogen-bond donors (Lipinski definition) is 1. The van der Waals surface area contributed by atoms with Crippen molar-refractivity contribution in [2.24, 2.45) is 5.92 Å². The van der Waals surface area contributed by atoms with Crippen LogP contribution in [0.5, 0.6) is 0 Å². The standard InChI is InChI=1S/C13H21NO/c1-3-5-6-9-14-13(15)12-8-7-11(4-2)10-12/h7-8,10,12H,3-6,9H2,1-2H3,(H,14,15). The molecular weight excluding hydrogens is 186 g/mol. The second kappa shape index (κ2) is 6.44. The first-order chi connectivity index (χ1) is 7.27. The number of amides is 1. The number of allylic oxidation sites excluding steroid dienone is 2. The molecule has 84 valence electrons. The van der Waals surface area contributed by atoms with E-state index in [-0.39, 0.29) is 11.8 Å². The van der Waals surface area contributed by atoms with Crippen LogP contribution in [0.3, 0.4) is 0 Å². The van der Waals surface area contributed by atoms with Crippen LogP contribution in [0.2, 0.25) is 0 Å². The summed E-state index contributed by atoms with van der Waals surface area (Å²) in [5.74, 6) is 0.118. The van der Waals surface area contributed by atoms with Gasteiger partial charge in [-0.05, 0) is 12.8 Å². The molecule has 1 unspecified atom stereocenters. The van der Waals surface area contributed by atoms with E-state index in [1.807, 2.05) is 6.08 Å². The molecule has 0 saturated carbocycles. The molecule has 1 aliphatic rings. The average molecular weight is 207 g/mol. The lowest BCUT2D eigenvalue weighted by Crippen LogP contribution is -2.29. The van der Waals surface area contributed by atoms with Gasteiger partial charge in [-0.3, -0.25) is 4.79 Å². The smallest absolute Gasteiger partial charge is 0.230 e. The summed E-state index contributed by atoms with van der Waals surface area (Å²) in [4.78, 5) is 11.7. The quantitative estimate of drug-likeness (QED) is 0.667. The molecule has 1 N–H and O–H groups in total. The number of carbonyl (C=O) groups is 1. The topological polar surface area (TPSA) is 29.1 Å². The summed E-state index contributed by atoms with van der Waals surface area (Å²) >= 11 is 0. The van der Waals surface area contributed by atoms with Crippen molar-refractivity contribution in [2.45, 2.75) is 39.5 Å². The van der Waals surface area contributed by atoms with Gasteiger partial charge in [-0.2, -0.15) is 0 Å². The van der Waals surface area contributed by atoms with Crippen LogP contribution >= 0.6 is 0 Å². The van der Waals surface area contributed by atoms with E-state index in [4.69, 9.17) is 0 Å². The maximum absolute atomic E-state index is 11.7. The van der Waals surface area contributed by atoms with Crippen LogP contribution in [-0.2, 0) is 4.79 Å². The summed E-state index contributed by atoms with van der Waals surface area (Å²) in [5.41, 5.74) is 1.27. The van der Waals surface area contributed by atoms with E-state index in [9.17, 15) is 4.79 Å². The first kappa shape index (κ1) is 12.0. The molecule has 1 rings (SSSR count). The summed E-state index contributed by atoms with van der Waals surface area (Å²) in [7, 11) is 0. The third kappa shape index (κ3) is 3.90. The van der Waals surface area contributed by atoms with Gasteiger partial charge in [0.25, 0.3) is 0 Å². The molecule has 1 atom stereocenters. The van der Waals surface area contributed by atoms with Crippen molar-refractivity contribution in [1.29, 1.82) is 0 Å². The van der Waals surface area contributed by atoms with Crippen LogP contribution in [-0.4, -0.2) is 12.5 Å². The van der Waals surface area contributed by atoms with Crippen molar-refractivity contribution >= 4 is 5.91 Å². The molecule has 0 radical (unpaired) electrons. The van der Waals surface area contributed by atoms with Gasteiger partial charge in [0.2, 0.25) is 5.91 Å². The van der Waals surface area contributed by atoms with Crippen LogP contribution in [0.25, 0.3) is 0 Å². The van der Waals surface area contributed by atoms with Crippen molar-refractivity contribution in [3.8, 4) is 0 Å². The second-order valence-corrected chi connectivity index (χ2v) is 3.98. The Morgan fingerprint density at radius 3 is 2.80 bits per heavy atom. The predicted octanol–water partition coefficient (Wildman–Crippen LogP) is 2.82. The Hall–Kier alpha value is -1.05. The van der Waals surface area contributed by atoms with Crippen LogP contribution in [0.4, 0.5) is 0 Å². The number of nitrogens with one attached hydrogen (secondary N) is 1. The molecule has 0 heterocycles. The molecule has 0 aromatic carbocycles. The molecule has 0 spiro atoms. The van der Waals surface area contributed by atoms with Gasteiger partial charge in [0, 0.05) is 6.54 Å². The maximum atomic E-state index is 11.7. The molecule has 0 aromatic heterocycles. The minimum atomic E-state index is -0.0263. The number of hydrogen-bond acceptors (Lipinski definition) is 1.